The van der Waals surface area contributed by atoms with Gasteiger partial charge in [0.2, 0.25) is 0 Å². The minimum absolute atomic E-state index is 0.333. The van der Waals surface area contributed by atoms with Crippen molar-refractivity contribution in [2.45, 2.75) is 6.61 Å². The van der Waals surface area contributed by atoms with Gasteiger partial charge in [-0.15, -0.1) is 0 Å². The molecular formula is C13H11FINO. The number of nitrogen functional groups attached to an aromatic ring is 1. The summed E-state index contributed by atoms with van der Waals surface area (Å²) < 4.78 is 19.5. The summed E-state index contributed by atoms with van der Waals surface area (Å²) in [7, 11) is 0. The van der Waals surface area contributed by atoms with Gasteiger partial charge >= 0.3 is 0 Å². The average molecular weight is 343 g/mol. The first-order chi connectivity index (χ1) is 8.15. The van der Waals surface area contributed by atoms with E-state index in [4.69, 9.17) is 10.5 Å². The summed E-state index contributed by atoms with van der Waals surface area (Å²) in [6.07, 6.45) is 0. The van der Waals surface area contributed by atoms with E-state index in [2.05, 4.69) is 22.6 Å². The number of hydrogen-bond donors (Lipinski definition) is 1. The third kappa shape index (κ3) is 3.33. The Hall–Kier alpha value is -1.30. The van der Waals surface area contributed by atoms with Gasteiger partial charge in [-0.1, -0.05) is 12.1 Å². The summed E-state index contributed by atoms with van der Waals surface area (Å²) in [5.41, 5.74) is 6.89. The molecular weight excluding hydrogens is 332 g/mol. The summed E-state index contributed by atoms with van der Waals surface area (Å²) in [5, 5.41) is 0. The number of rotatable bonds is 3. The van der Waals surface area contributed by atoms with Gasteiger partial charge in [0.05, 0.1) is 0 Å². The maximum atomic E-state index is 12.8. The van der Waals surface area contributed by atoms with Crippen LogP contribution in [-0.2, 0) is 6.61 Å². The lowest BCUT2D eigenvalue weighted by Crippen LogP contribution is -2.00. The normalized spacial score (nSPS) is 10.2. The Kier molecular flexibility index (Phi) is 3.83. The first kappa shape index (κ1) is 12.2. The van der Waals surface area contributed by atoms with E-state index >= 15 is 0 Å². The molecule has 2 rings (SSSR count). The van der Waals surface area contributed by atoms with Gasteiger partial charge in [-0.25, -0.2) is 4.39 Å². The van der Waals surface area contributed by atoms with Gasteiger partial charge in [0.15, 0.2) is 0 Å². The smallest absolute Gasteiger partial charge is 0.125 e. The Bertz CT molecular complexity index is 531. The molecule has 2 nitrogen and oxygen atoms in total. The molecule has 17 heavy (non-hydrogen) atoms. The van der Waals surface area contributed by atoms with E-state index in [1.165, 1.54) is 12.1 Å². The van der Waals surface area contributed by atoms with E-state index in [1.807, 2.05) is 24.3 Å². The van der Waals surface area contributed by atoms with Crippen molar-refractivity contribution >= 4 is 28.3 Å². The predicted molar refractivity (Wildman–Crippen MR) is 74.3 cm³/mol. The van der Waals surface area contributed by atoms with Crippen LogP contribution >= 0.6 is 22.6 Å². The summed E-state index contributed by atoms with van der Waals surface area (Å²) in [6.45, 7) is 0.339. The van der Waals surface area contributed by atoms with Crippen molar-refractivity contribution in [1.29, 1.82) is 0 Å². The van der Waals surface area contributed by atoms with Crippen molar-refractivity contribution in [3.63, 3.8) is 0 Å². The zero-order valence-electron chi connectivity index (χ0n) is 8.99. The molecule has 0 heterocycles. The Morgan fingerprint density at radius 1 is 1.18 bits per heavy atom. The summed E-state index contributed by atoms with van der Waals surface area (Å²) in [6, 6.07) is 12.0. The molecule has 88 valence electrons. The molecule has 0 fully saturated rings. The van der Waals surface area contributed by atoms with Crippen LogP contribution in [0.25, 0.3) is 0 Å². The fourth-order valence-corrected chi connectivity index (χ4v) is 1.93. The van der Waals surface area contributed by atoms with Crippen LogP contribution in [0.3, 0.4) is 0 Å². The van der Waals surface area contributed by atoms with Crippen molar-refractivity contribution in [3.8, 4) is 5.75 Å². The third-order valence-corrected chi connectivity index (χ3v) is 2.97. The van der Waals surface area contributed by atoms with Crippen LogP contribution in [0.15, 0.2) is 42.5 Å². The third-order valence-electron chi connectivity index (χ3n) is 2.30. The monoisotopic (exact) mass is 343 g/mol. The number of benzene rings is 2. The zero-order valence-corrected chi connectivity index (χ0v) is 11.1. The highest BCUT2D eigenvalue weighted by Gasteiger charge is 2.02. The molecule has 0 bridgehead atoms. The molecule has 0 spiro atoms. The number of nitrogens with two attached hydrogens (primary N) is 1. The number of halogens is 2. The number of anilines is 1. The SMILES string of the molecule is Nc1cc(F)ccc1COc1cccc(I)c1. The number of ether oxygens (including phenoxy) is 1. The van der Waals surface area contributed by atoms with Crippen LogP contribution in [0.1, 0.15) is 5.56 Å². The predicted octanol–water partition coefficient (Wildman–Crippen LogP) is 3.59. The molecule has 0 saturated carbocycles. The average Bonchev–Trinajstić information content (AvgIpc) is 2.28. The fraction of sp³-hybridized carbons (Fsp3) is 0.0769. The molecule has 0 unspecified atom stereocenters. The van der Waals surface area contributed by atoms with Crippen molar-refractivity contribution in [1.82, 2.24) is 0 Å². The highest BCUT2D eigenvalue weighted by molar-refractivity contribution is 14.1. The Labute approximate surface area is 113 Å². The van der Waals surface area contributed by atoms with Gasteiger partial charge < -0.3 is 10.5 Å². The molecule has 0 radical (unpaired) electrons. The van der Waals surface area contributed by atoms with Gasteiger partial charge in [0.25, 0.3) is 0 Å². The van der Waals surface area contributed by atoms with Crippen molar-refractivity contribution in [2.75, 3.05) is 5.73 Å². The Morgan fingerprint density at radius 2 is 2.00 bits per heavy atom. The topological polar surface area (TPSA) is 35.2 Å². The highest BCUT2D eigenvalue weighted by atomic mass is 127. The molecule has 0 aliphatic heterocycles. The van der Waals surface area contributed by atoms with Crippen LogP contribution in [0.2, 0.25) is 0 Å². The zero-order chi connectivity index (χ0) is 12.3. The second-order valence-electron chi connectivity index (χ2n) is 3.59. The van der Waals surface area contributed by atoms with Crippen molar-refractivity contribution in [2.24, 2.45) is 0 Å². The molecule has 0 aliphatic carbocycles. The molecule has 0 aliphatic rings. The molecule has 2 aromatic rings. The van der Waals surface area contributed by atoms with Gasteiger partial charge in [0.1, 0.15) is 18.2 Å². The minimum Gasteiger partial charge on any atom is -0.489 e. The maximum Gasteiger partial charge on any atom is 0.125 e. The first-order valence-electron chi connectivity index (χ1n) is 5.07. The van der Waals surface area contributed by atoms with E-state index in [-0.39, 0.29) is 5.82 Å². The first-order valence-corrected chi connectivity index (χ1v) is 6.15. The molecule has 2 aromatic carbocycles. The van der Waals surface area contributed by atoms with E-state index in [0.717, 1.165) is 14.9 Å². The highest BCUT2D eigenvalue weighted by Crippen LogP contribution is 2.19. The standard InChI is InChI=1S/C13H11FINO/c14-10-5-4-9(13(16)6-10)8-17-12-3-1-2-11(15)7-12/h1-7H,8,16H2. The Morgan fingerprint density at radius 3 is 2.71 bits per heavy atom. The fourth-order valence-electron chi connectivity index (χ4n) is 1.42. The Balaban J connectivity index is 2.07. The number of hydrogen-bond acceptors (Lipinski definition) is 2. The molecule has 2 N–H and O–H groups in total. The van der Waals surface area contributed by atoms with Crippen molar-refractivity contribution in [3.05, 3.63) is 57.4 Å². The van der Waals surface area contributed by atoms with Crippen LogP contribution in [0.4, 0.5) is 10.1 Å². The van der Waals surface area contributed by atoms with E-state index in [9.17, 15) is 4.39 Å². The quantitative estimate of drug-likeness (QED) is 0.683. The summed E-state index contributed by atoms with van der Waals surface area (Å²) >= 11 is 2.22. The van der Waals surface area contributed by atoms with E-state index in [0.29, 0.717) is 12.3 Å². The molecule has 0 aromatic heterocycles. The molecule has 0 atom stereocenters. The summed E-state index contributed by atoms with van der Waals surface area (Å²) in [4.78, 5) is 0. The lowest BCUT2D eigenvalue weighted by Gasteiger charge is -2.08. The maximum absolute atomic E-state index is 12.8. The van der Waals surface area contributed by atoms with Crippen LogP contribution in [-0.4, -0.2) is 0 Å². The van der Waals surface area contributed by atoms with Crippen LogP contribution in [0, 0.1) is 9.39 Å². The minimum atomic E-state index is -0.333. The lowest BCUT2D eigenvalue weighted by atomic mass is 10.2. The molecule has 0 saturated heterocycles. The van der Waals surface area contributed by atoms with Crippen LogP contribution < -0.4 is 10.5 Å². The second kappa shape index (κ2) is 5.35. The summed E-state index contributed by atoms with van der Waals surface area (Å²) in [5.74, 6) is 0.445. The van der Waals surface area contributed by atoms with Gasteiger partial charge in [-0.05, 0) is 52.9 Å². The van der Waals surface area contributed by atoms with Crippen LogP contribution in [0.5, 0.6) is 5.75 Å². The lowest BCUT2D eigenvalue weighted by molar-refractivity contribution is 0.306. The van der Waals surface area contributed by atoms with E-state index in [1.54, 1.807) is 6.07 Å². The van der Waals surface area contributed by atoms with Crippen molar-refractivity contribution < 1.29 is 9.13 Å². The largest absolute Gasteiger partial charge is 0.489 e. The van der Waals surface area contributed by atoms with Gasteiger partial charge in [-0.3, -0.25) is 0 Å². The van der Waals surface area contributed by atoms with Gasteiger partial charge in [-0.2, -0.15) is 0 Å². The van der Waals surface area contributed by atoms with E-state index < -0.39 is 0 Å². The molecule has 0 amide bonds. The molecule has 4 heteroatoms. The second-order valence-corrected chi connectivity index (χ2v) is 4.83. The van der Waals surface area contributed by atoms with Gasteiger partial charge in [0, 0.05) is 14.8 Å².